The average molecular weight is 433 g/mol. The molecule has 2 aliphatic rings. The number of imidazole rings is 1. The first-order valence-electron chi connectivity index (χ1n) is 11.7. The maximum absolute atomic E-state index is 6.15. The molecule has 2 atom stereocenters. The zero-order valence-electron chi connectivity index (χ0n) is 18.7. The van der Waals surface area contributed by atoms with Crippen molar-refractivity contribution in [2.45, 2.75) is 32.0 Å². The van der Waals surface area contributed by atoms with Gasteiger partial charge in [0.1, 0.15) is 5.82 Å². The molecule has 2 N–H and O–H groups in total. The molecule has 2 unspecified atom stereocenters. The van der Waals surface area contributed by atoms with Gasteiger partial charge in [0.2, 0.25) is 0 Å². The Kier molecular flexibility index (Phi) is 6.36. The highest BCUT2D eigenvalue weighted by atomic mass is 16.5. The first kappa shape index (κ1) is 21.0. The van der Waals surface area contributed by atoms with Crippen LogP contribution in [0.3, 0.4) is 0 Å². The van der Waals surface area contributed by atoms with Crippen LogP contribution in [0.1, 0.15) is 18.3 Å². The van der Waals surface area contributed by atoms with E-state index in [4.69, 9.17) is 9.73 Å². The van der Waals surface area contributed by atoms with E-state index >= 15 is 0 Å². The monoisotopic (exact) mass is 432 g/mol. The number of likely N-dealkylation sites (tertiary alicyclic amines) is 1. The lowest BCUT2D eigenvalue weighted by atomic mass is 10.1. The number of aromatic nitrogens is 2. The number of fused-ring (bicyclic) bond motifs is 2. The van der Waals surface area contributed by atoms with Gasteiger partial charge in [0, 0.05) is 45.7 Å². The quantitative estimate of drug-likeness (QED) is 0.463. The second-order valence-electron chi connectivity index (χ2n) is 8.52. The van der Waals surface area contributed by atoms with E-state index in [1.807, 2.05) is 18.2 Å². The van der Waals surface area contributed by atoms with Gasteiger partial charge < -0.3 is 19.9 Å². The van der Waals surface area contributed by atoms with Crippen LogP contribution in [-0.4, -0.2) is 77.2 Å². The maximum atomic E-state index is 6.15. The third-order valence-electron chi connectivity index (χ3n) is 6.33. The van der Waals surface area contributed by atoms with Crippen molar-refractivity contribution in [2.24, 2.45) is 4.99 Å². The van der Waals surface area contributed by atoms with Crippen LogP contribution in [-0.2, 0) is 17.7 Å². The number of aliphatic imine (C=N–C) groups is 1. The summed E-state index contributed by atoms with van der Waals surface area (Å²) in [5.74, 6) is 1.96. The fraction of sp³-hybridized carbons (Fsp3) is 0.440. The molecule has 3 aromatic rings. The molecule has 168 valence electrons. The summed E-state index contributed by atoms with van der Waals surface area (Å²) in [5.41, 5.74) is 3.45. The molecule has 0 spiro atoms. The molecule has 5 rings (SSSR count). The number of hydrogen-bond donors (Lipinski definition) is 2. The first-order valence-corrected chi connectivity index (χ1v) is 11.7. The van der Waals surface area contributed by atoms with E-state index in [1.165, 1.54) is 5.56 Å². The molecule has 2 fully saturated rings. The molecular formula is C25H32N6O. The molecule has 0 bridgehead atoms. The summed E-state index contributed by atoms with van der Waals surface area (Å²) in [6.45, 7) is 8.23. The van der Waals surface area contributed by atoms with Crippen LogP contribution >= 0.6 is 0 Å². The van der Waals surface area contributed by atoms with Crippen molar-refractivity contribution in [1.82, 2.24) is 25.1 Å². The summed E-state index contributed by atoms with van der Waals surface area (Å²) in [6.07, 6.45) is 1.02. The van der Waals surface area contributed by atoms with E-state index in [9.17, 15) is 0 Å². The number of aromatic amines is 1. The first-order chi connectivity index (χ1) is 15.8. The second kappa shape index (κ2) is 9.71. The number of morpholine rings is 1. The minimum absolute atomic E-state index is 0.228. The fourth-order valence-corrected chi connectivity index (χ4v) is 4.76. The predicted octanol–water partition coefficient (Wildman–Crippen LogP) is 2.66. The normalized spacial score (nSPS) is 21.8. The van der Waals surface area contributed by atoms with Gasteiger partial charge in [-0.1, -0.05) is 42.5 Å². The molecular weight excluding hydrogens is 400 g/mol. The number of para-hydroxylation sites is 2. The third kappa shape index (κ3) is 4.64. The summed E-state index contributed by atoms with van der Waals surface area (Å²) in [4.78, 5) is 17.9. The van der Waals surface area contributed by atoms with E-state index in [0.717, 1.165) is 68.6 Å². The number of nitrogens with one attached hydrogen (secondary N) is 2. The minimum Gasteiger partial charge on any atom is -0.373 e. The van der Waals surface area contributed by atoms with Gasteiger partial charge in [-0.2, -0.15) is 0 Å². The van der Waals surface area contributed by atoms with Crippen LogP contribution in [0.5, 0.6) is 0 Å². The lowest BCUT2D eigenvalue weighted by Gasteiger charge is -2.36. The summed E-state index contributed by atoms with van der Waals surface area (Å²) < 4.78 is 6.15. The number of guanidine groups is 1. The lowest BCUT2D eigenvalue weighted by molar-refractivity contribution is -0.0502. The van der Waals surface area contributed by atoms with Crippen molar-refractivity contribution in [3.63, 3.8) is 0 Å². The Morgan fingerprint density at radius 3 is 2.84 bits per heavy atom. The standard InChI is InChI=1S/C25H32N6O/c1-2-26-25(27-13-12-24-28-20-10-6-7-11-21(20)29-24)31-17-22-23(18-31)32-15-14-30(22)16-19-8-4-3-5-9-19/h3-11,22-23H,2,12-18H2,1H3,(H,26,27)(H,28,29). The van der Waals surface area contributed by atoms with Crippen molar-refractivity contribution in [2.75, 3.05) is 39.3 Å². The van der Waals surface area contributed by atoms with E-state index < -0.39 is 0 Å². The van der Waals surface area contributed by atoms with Crippen molar-refractivity contribution in [3.8, 4) is 0 Å². The number of benzene rings is 2. The zero-order valence-corrected chi connectivity index (χ0v) is 18.7. The number of H-pyrrole nitrogens is 1. The molecule has 0 amide bonds. The summed E-state index contributed by atoms with van der Waals surface area (Å²) in [5, 5.41) is 3.48. The molecule has 0 radical (unpaired) electrons. The number of hydrogen-bond acceptors (Lipinski definition) is 4. The second-order valence-corrected chi connectivity index (χ2v) is 8.52. The van der Waals surface area contributed by atoms with Crippen LogP contribution in [0.2, 0.25) is 0 Å². The van der Waals surface area contributed by atoms with Gasteiger partial charge in [-0.05, 0) is 24.6 Å². The Morgan fingerprint density at radius 2 is 2.00 bits per heavy atom. The molecule has 32 heavy (non-hydrogen) atoms. The van der Waals surface area contributed by atoms with E-state index in [-0.39, 0.29) is 6.10 Å². The Morgan fingerprint density at radius 1 is 1.16 bits per heavy atom. The third-order valence-corrected chi connectivity index (χ3v) is 6.33. The van der Waals surface area contributed by atoms with Crippen LogP contribution < -0.4 is 5.32 Å². The van der Waals surface area contributed by atoms with Gasteiger partial charge in [0.25, 0.3) is 0 Å². The Balaban J connectivity index is 1.24. The Labute approximate surface area is 189 Å². The topological polar surface area (TPSA) is 68.8 Å². The lowest BCUT2D eigenvalue weighted by Crippen LogP contribution is -2.50. The van der Waals surface area contributed by atoms with Gasteiger partial charge in [-0.25, -0.2) is 4.98 Å². The molecule has 2 aromatic carbocycles. The summed E-state index contributed by atoms with van der Waals surface area (Å²) in [7, 11) is 0. The molecule has 7 heteroatoms. The highest BCUT2D eigenvalue weighted by Gasteiger charge is 2.41. The van der Waals surface area contributed by atoms with Crippen molar-refractivity contribution < 1.29 is 4.74 Å². The molecule has 3 heterocycles. The SMILES string of the molecule is CCNC(=NCCc1nc2ccccc2[nH]1)N1CC2OCCN(Cc3ccccc3)C2C1. The van der Waals surface area contributed by atoms with Crippen molar-refractivity contribution in [1.29, 1.82) is 0 Å². The van der Waals surface area contributed by atoms with Crippen LogP contribution in [0.4, 0.5) is 0 Å². The Hall–Kier alpha value is -2.90. The predicted molar refractivity (Wildman–Crippen MR) is 128 cm³/mol. The van der Waals surface area contributed by atoms with Crippen LogP contribution in [0, 0.1) is 0 Å². The Bertz CT molecular complexity index is 1020. The molecule has 2 saturated heterocycles. The van der Waals surface area contributed by atoms with E-state index in [2.05, 4.69) is 68.4 Å². The molecule has 0 saturated carbocycles. The van der Waals surface area contributed by atoms with Gasteiger partial charge >= 0.3 is 0 Å². The van der Waals surface area contributed by atoms with Gasteiger partial charge in [0.15, 0.2) is 5.96 Å². The summed E-state index contributed by atoms with van der Waals surface area (Å²) in [6, 6.07) is 19.3. The van der Waals surface area contributed by atoms with Crippen molar-refractivity contribution in [3.05, 3.63) is 66.0 Å². The van der Waals surface area contributed by atoms with E-state index in [0.29, 0.717) is 12.6 Å². The molecule has 2 aliphatic heterocycles. The average Bonchev–Trinajstić information content (AvgIpc) is 3.44. The molecule has 7 nitrogen and oxygen atoms in total. The van der Waals surface area contributed by atoms with Crippen LogP contribution in [0.15, 0.2) is 59.6 Å². The molecule has 1 aromatic heterocycles. The zero-order chi connectivity index (χ0) is 21.8. The number of ether oxygens (including phenoxy) is 1. The largest absolute Gasteiger partial charge is 0.373 e. The van der Waals surface area contributed by atoms with Crippen molar-refractivity contribution >= 4 is 17.0 Å². The van der Waals surface area contributed by atoms with E-state index in [1.54, 1.807) is 0 Å². The summed E-state index contributed by atoms with van der Waals surface area (Å²) >= 11 is 0. The fourth-order valence-electron chi connectivity index (χ4n) is 4.76. The maximum Gasteiger partial charge on any atom is 0.194 e. The van der Waals surface area contributed by atoms with Gasteiger partial charge in [-0.15, -0.1) is 0 Å². The molecule has 0 aliphatic carbocycles. The smallest absolute Gasteiger partial charge is 0.194 e. The number of rotatable bonds is 6. The highest BCUT2D eigenvalue weighted by molar-refractivity contribution is 5.80. The number of nitrogens with zero attached hydrogens (tertiary/aromatic N) is 4. The van der Waals surface area contributed by atoms with Gasteiger partial charge in [0.05, 0.1) is 29.8 Å². The van der Waals surface area contributed by atoms with Gasteiger partial charge in [-0.3, -0.25) is 9.89 Å². The highest BCUT2D eigenvalue weighted by Crippen LogP contribution is 2.24. The minimum atomic E-state index is 0.228. The van der Waals surface area contributed by atoms with Crippen LogP contribution in [0.25, 0.3) is 11.0 Å².